The molecule has 1 aliphatic carbocycles. The van der Waals surface area contributed by atoms with Crippen LogP contribution in [0.3, 0.4) is 0 Å². The summed E-state index contributed by atoms with van der Waals surface area (Å²) in [6.07, 6.45) is 3.28. The summed E-state index contributed by atoms with van der Waals surface area (Å²) in [5, 5.41) is 0. The average Bonchev–Trinajstić information content (AvgIpc) is 3.02. The number of aromatic amines is 1. The summed E-state index contributed by atoms with van der Waals surface area (Å²) in [5.41, 5.74) is 1.67. The fraction of sp³-hybridized carbons (Fsp3) is 0.529. The van der Waals surface area contributed by atoms with E-state index in [2.05, 4.69) is 9.97 Å². The van der Waals surface area contributed by atoms with Gasteiger partial charge in [0.05, 0.1) is 22.7 Å². The summed E-state index contributed by atoms with van der Waals surface area (Å²) < 4.78 is 23.0. The van der Waals surface area contributed by atoms with Gasteiger partial charge >= 0.3 is 0 Å². The van der Waals surface area contributed by atoms with Gasteiger partial charge in [0, 0.05) is 25.8 Å². The Labute approximate surface area is 141 Å². The minimum atomic E-state index is -3.03. The molecule has 2 heterocycles. The van der Waals surface area contributed by atoms with Gasteiger partial charge in [-0.15, -0.1) is 0 Å². The van der Waals surface area contributed by atoms with Gasteiger partial charge in [-0.05, 0) is 30.4 Å². The highest BCUT2D eigenvalue weighted by atomic mass is 32.2. The first-order chi connectivity index (χ1) is 11.3. The number of aromatic nitrogens is 2. The molecule has 2 fully saturated rings. The molecule has 0 bridgehead atoms. The van der Waals surface area contributed by atoms with Crippen LogP contribution in [0.1, 0.15) is 31.0 Å². The minimum Gasteiger partial charge on any atom is -0.342 e. The largest absolute Gasteiger partial charge is 0.342 e. The number of sulfone groups is 1. The molecule has 1 aliphatic heterocycles. The third-order valence-electron chi connectivity index (χ3n) is 5.08. The number of hydrogen-bond donors (Lipinski definition) is 1. The number of imidazole rings is 1. The number of rotatable bonds is 5. The minimum absolute atomic E-state index is 0.0727. The molecular formula is C17H21N3O3S. The number of amides is 1. The number of nitrogens with zero attached hydrogens (tertiary/aromatic N) is 2. The van der Waals surface area contributed by atoms with Crippen LogP contribution in [0, 0.1) is 5.41 Å². The second kappa shape index (κ2) is 5.31. The molecule has 0 spiro atoms. The average molecular weight is 347 g/mol. The third-order valence-corrected chi connectivity index (χ3v) is 6.22. The van der Waals surface area contributed by atoms with Gasteiger partial charge < -0.3 is 9.88 Å². The highest BCUT2D eigenvalue weighted by Crippen LogP contribution is 2.50. The van der Waals surface area contributed by atoms with Crippen molar-refractivity contribution in [2.75, 3.05) is 25.1 Å². The van der Waals surface area contributed by atoms with E-state index in [-0.39, 0.29) is 23.0 Å². The van der Waals surface area contributed by atoms with Crippen molar-refractivity contribution in [3.8, 4) is 0 Å². The molecule has 1 aromatic carbocycles. The van der Waals surface area contributed by atoms with Gasteiger partial charge in [-0.2, -0.15) is 0 Å². The van der Waals surface area contributed by atoms with Crippen molar-refractivity contribution in [1.29, 1.82) is 0 Å². The SMILES string of the molecule is CS(=O)(=O)CC1(CC(=O)N2CC(c3nc4ccccc4[nH]3)C2)CC1. The standard InChI is InChI=1S/C17H21N3O3S/c1-24(22,23)11-17(6-7-17)8-15(21)20-9-12(10-20)16-18-13-4-2-3-5-14(13)19-16/h2-5,12H,6-11H2,1H3,(H,18,19). The van der Waals surface area contributed by atoms with Gasteiger partial charge in [0.15, 0.2) is 0 Å². The van der Waals surface area contributed by atoms with E-state index in [1.165, 1.54) is 6.26 Å². The molecule has 1 N–H and O–H groups in total. The maximum absolute atomic E-state index is 12.4. The number of carbonyl (C=O) groups excluding carboxylic acids is 1. The first-order valence-corrected chi connectivity index (χ1v) is 10.3. The number of para-hydroxylation sites is 2. The molecule has 4 rings (SSSR count). The van der Waals surface area contributed by atoms with E-state index < -0.39 is 9.84 Å². The van der Waals surface area contributed by atoms with E-state index in [4.69, 9.17) is 0 Å². The lowest BCUT2D eigenvalue weighted by atomic mass is 9.96. The molecule has 2 aromatic rings. The van der Waals surface area contributed by atoms with Crippen LogP contribution in [0.15, 0.2) is 24.3 Å². The first-order valence-electron chi connectivity index (χ1n) is 8.24. The van der Waals surface area contributed by atoms with E-state index in [9.17, 15) is 13.2 Å². The molecule has 6 nitrogen and oxygen atoms in total. The van der Waals surface area contributed by atoms with Crippen LogP contribution >= 0.6 is 0 Å². The van der Waals surface area contributed by atoms with Gasteiger partial charge in [-0.25, -0.2) is 13.4 Å². The van der Waals surface area contributed by atoms with Crippen LogP contribution in [-0.4, -0.2) is 54.3 Å². The summed E-state index contributed by atoms with van der Waals surface area (Å²) in [6, 6.07) is 7.90. The lowest BCUT2D eigenvalue weighted by molar-refractivity contribution is -0.136. The van der Waals surface area contributed by atoms with Gasteiger partial charge in [0.1, 0.15) is 15.7 Å². The second-order valence-corrected chi connectivity index (χ2v) is 9.52. The Morgan fingerprint density at radius 3 is 2.67 bits per heavy atom. The third kappa shape index (κ3) is 3.05. The normalized spacial score (nSPS) is 20.1. The topological polar surface area (TPSA) is 83.1 Å². The van der Waals surface area contributed by atoms with E-state index >= 15 is 0 Å². The first kappa shape index (κ1) is 15.6. The number of benzene rings is 1. The van der Waals surface area contributed by atoms with Crippen molar-refractivity contribution < 1.29 is 13.2 Å². The summed E-state index contributed by atoms with van der Waals surface area (Å²) in [5.74, 6) is 1.37. The number of likely N-dealkylation sites (tertiary alicyclic amines) is 1. The highest BCUT2D eigenvalue weighted by Gasteiger charge is 2.48. The maximum atomic E-state index is 12.4. The molecule has 2 aliphatic rings. The van der Waals surface area contributed by atoms with Crippen LogP contribution in [0.25, 0.3) is 11.0 Å². The molecule has 7 heteroatoms. The van der Waals surface area contributed by atoms with Crippen molar-refractivity contribution in [2.45, 2.75) is 25.2 Å². The second-order valence-electron chi connectivity index (χ2n) is 7.38. The lowest BCUT2D eigenvalue weighted by Gasteiger charge is -2.39. The fourth-order valence-corrected chi connectivity index (χ4v) is 5.06. The molecule has 128 valence electrons. The molecule has 1 aromatic heterocycles. The number of carbonyl (C=O) groups is 1. The smallest absolute Gasteiger partial charge is 0.223 e. The van der Waals surface area contributed by atoms with Crippen LogP contribution in [-0.2, 0) is 14.6 Å². The van der Waals surface area contributed by atoms with Gasteiger partial charge in [0.2, 0.25) is 5.91 Å². The van der Waals surface area contributed by atoms with Gasteiger partial charge in [0.25, 0.3) is 0 Å². The predicted molar refractivity (Wildman–Crippen MR) is 91.4 cm³/mol. The van der Waals surface area contributed by atoms with E-state index in [0.29, 0.717) is 19.5 Å². The highest BCUT2D eigenvalue weighted by molar-refractivity contribution is 7.90. The van der Waals surface area contributed by atoms with Crippen LogP contribution < -0.4 is 0 Å². The zero-order valence-corrected chi connectivity index (χ0v) is 14.5. The van der Waals surface area contributed by atoms with Crippen molar-refractivity contribution in [1.82, 2.24) is 14.9 Å². The Morgan fingerprint density at radius 1 is 1.33 bits per heavy atom. The van der Waals surface area contributed by atoms with E-state index in [1.54, 1.807) is 0 Å². The Morgan fingerprint density at radius 2 is 2.04 bits per heavy atom. The van der Waals surface area contributed by atoms with Gasteiger partial charge in [-0.1, -0.05) is 12.1 Å². The fourth-order valence-electron chi connectivity index (χ4n) is 3.56. The molecule has 1 amide bonds. The van der Waals surface area contributed by atoms with Crippen LogP contribution in [0.5, 0.6) is 0 Å². The van der Waals surface area contributed by atoms with Crippen molar-refractivity contribution in [3.63, 3.8) is 0 Å². The summed E-state index contributed by atoms with van der Waals surface area (Å²) in [4.78, 5) is 22.1. The van der Waals surface area contributed by atoms with E-state index in [0.717, 1.165) is 29.7 Å². The van der Waals surface area contributed by atoms with E-state index in [1.807, 2.05) is 29.2 Å². The zero-order chi connectivity index (χ0) is 16.9. The monoisotopic (exact) mass is 347 g/mol. The van der Waals surface area contributed by atoms with Crippen molar-refractivity contribution in [2.24, 2.45) is 5.41 Å². The molecule has 0 radical (unpaired) electrons. The predicted octanol–water partition coefficient (Wildman–Crippen LogP) is 1.70. The zero-order valence-electron chi connectivity index (χ0n) is 13.7. The molecule has 0 unspecified atom stereocenters. The summed E-state index contributed by atoms with van der Waals surface area (Å²) >= 11 is 0. The Bertz CT molecular complexity index is 860. The van der Waals surface area contributed by atoms with Crippen LogP contribution in [0.2, 0.25) is 0 Å². The number of H-pyrrole nitrogens is 1. The Hall–Kier alpha value is -1.89. The van der Waals surface area contributed by atoms with Crippen molar-refractivity contribution in [3.05, 3.63) is 30.1 Å². The maximum Gasteiger partial charge on any atom is 0.223 e. The molecule has 24 heavy (non-hydrogen) atoms. The summed E-state index contributed by atoms with van der Waals surface area (Å²) in [6.45, 7) is 1.32. The number of fused-ring (bicyclic) bond motifs is 1. The van der Waals surface area contributed by atoms with Gasteiger partial charge in [-0.3, -0.25) is 4.79 Å². The molecule has 1 saturated heterocycles. The van der Waals surface area contributed by atoms with Crippen LogP contribution in [0.4, 0.5) is 0 Å². The number of nitrogens with one attached hydrogen (secondary N) is 1. The Balaban J connectivity index is 1.36. The van der Waals surface area contributed by atoms with Crippen molar-refractivity contribution >= 4 is 26.8 Å². The summed E-state index contributed by atoms with van der Waals surface area (Å²) in [7, 11) is -3.03. The molecule has 1 saturated carbocycles. The molecule has 0 atom stereocenters. The number of hydrogen-bond acceptors (Lipinski definition) is 4. The Kier molecular flexibility index (Phi) is 3.46. The molecular weight excluding hydrogens is 326 g/mol. The lowest BCUT2D eigenvalue weighted by Crippen LogP contribution is -2.49. The quantitative estimate of drug-likeness (QED) is 0.892.